The minimum atomic E-state index is -0.822. The first kappa shape index (κ1) is 17.7. The Bertz CT molecular complexity index is 867. The van der Waals surface area contributed by atoms with Gasteiger partial charge in [0.25, 0.3) is 5.91 Å². The average molecular weight is 364 g/mol. The fourth-order valence-electron chi connectivity index (χ4n) is 4.86. The molecule has 1 aliphatic heterocycles. The molecule has 5 nitrogen and oxygen atoms in total. The minimum Gasteiger partial charge on any atom is -0.481 e. The minimum absolute atomic E-state index is 0.0186. The third-order valence-corrected chi connectivity index (χ3v) is 6.42. The van der Waals surface area contributed by atoms with E-state index >= 15 is 0 Å². The van der Waals surface area contributed by atoms with Crippen molar-refractivity contribution in [2.45, 2.75) is 32.1 Å². The zero-order chi connectivity index (χ0) is 19.0. The highest BCUT2D eigenvalue weighted by Gasteiger charge is 2.56. The molecule has 0 bridgehead atoms. The van der Waals surface area contributed by atoms with Gasteiger partial charge < -0.3 is 10.0 Å². The predicted molar refractivity (Wildman–Crippen MR) is 101 cm³/mol. The number of carbonyl (C=O) groups is 2. The lowest BCUT2D eigenvalue weighted by molar-refractivity contribution is -0.152. The van der Waals surface area contributed by atoms with Crippen LogP contribution in [-0.4, -0.2) is 40.0 Å². The molecule has 1 unspecified atom stereocenters. The fourth-order valence-corrected chi connectivity index (χ4v) is 4.86. The van der Waals surface area contributed by atoms with Crippen molar-refractivity contribution in [1.82, 2.24) is 9.88 Å². The van der Waals surface area contributed by atoms with Gasteiger partial charge in [-0.15, -0.1) is 0 Å². The van der Waals surface area contributed by atoms with Crippen LogP contribution in [0, 0.1) is 18.3 Å². The highest BCUT2D eigenvalue weighted by Crippen LogP contribution is 2.51. The summed E-state index contributed by atoms with van der Waals surface area (Å²) in [5.41, 5.74) is 1.70. The van der Waals surface area contributed by atoms with E-state index in [9.17, 15) is 14.7 Å². The number of aryl methyl sites for hydroxylation is 1. The third-order valence-electron chi connectivity index (χ3n) is 6.42. The van der Waals surface area contributed by atoms with Crippen molar-refractivity contribution in [1.29, 1.82) is 0 Å². The van der Waals surface area contributed by atoms with Crippen molar-refractivity contribution in [3.05, 3.63) is 65.5 Å². The van der Waals surface area contributed by atoms with E-state index in [4.69, 9.17) is 0 Å². The molecule has 2 aliphatic rings. The van der Waals surface area contributed by atoms with Crippen molar-refractivity contribution in [3.63, 3.8) is 0 Å². The number of fused-ring (bicyclic) bond motifs is 1. The van der Waals surface area contributed by atoms with E-state index in [0.29, 0.717) is 36.7 Å². The summed E-state index contributed by atoms with van der Waals surface area (Å²) in [4.78, 5) is 31.2. The quantitative estimate of drug-likeness (QED) is 0.905. The Kier molecular flexibility index (Phi) is 4.46. The van der Waals surface area contributed by atoms with Crippen LogP contribution in [0.4, 0.5) is 0 Å². The van der Waals surface area contributed by atoms with E-state index in [0.717, 1.165) is 12.8 Å². The number of hydrogen-bond donors (Lipinski definition) is 1. The maximum Gasteiger partial charge on any atom is 0.311 e. The van der Waals surface area contributed by atoms with Gasteiger partial charge in [-0.05, 0) is 55.7 Å². The van der Waals surface area contributed by atoms with Crippen LogP contribution in [-0.2, 0) is 4.79 Å². The van der Waals surface area contributed by atoms with Gasteiger partial charge in [0, 0.05) is 25.0 Å². The third kappa shape index (κ3) is 3.01. The molecule has 1 N–H and O–H groups in total. The van der Waals surface area contributed by atoms with Crippen LogP contribution < -0.4 is 0 Å². The summed E-state index contributed by atoms with van der Waals surface area (Å²) in [6, 6.07) is 13.8. The molecule has 1 amide bonds. The Hall–Kier alpha value is -2.69. The molecule has 2 heterocycles. The van der Waals surface area contributed by atoms with Crippen LogP contribution in [0.15, 0.2) is 48.7 Å². The van der Waals surface area contributed by atoms with Crippen LogP contribution in [0.3, 0.4) is 0 Å². The van der Waals surface area contributed by atoms with Gasteiger partial charge in [0.2, 0.25) is 0 Å². The van der Waals surface area contributed by atoms with Crippen LogP contribution in [0.2, 0.25) is 0 Å². The number of carboxylic acids is 1. The van der Waals surface area contributed by atoms with Crippen molar-refractivity contribution >= 4 is 11.9 Å². The van der Waals surface area contributed by atoms with Crippen molar-refractivity contribution < 1.29 is 14.7 Å². The van der Waals surface area contributed by atoms with Crippen LogP contribution in [0.5, 0.6) is 0 Å². The van der Waals surface area contributed by atoms with Crippen LogP contribution in [0.1, 0.15) is 46.8 Å². The molecule has 1 aromatic carbocycles. The standard InChI is InChI=1S/C22H24N2O3/c1-15-19(8-5-11-23-15)20(25)24-13-18-12-17(16-6-3-2-4-7-16)9-10-22(18,14-24)21(26)27/h2-8,11,17-18H,9-10,12-14H2,1H3,(H,26,27)/t17?,18-,22-/m0/s1. The molecular formula is C22H24N2O3. The maximum atomic E-state index is 13.0. The van der Waals surface area contributed by atoms with Gasteiger partial charge in [0.1, 0.15) is 0 Å². The Labute approximate surface area is 159 Å². The first-order valence-corrected chi connectivity index (χ1v) is 9.50. The second kappa shape index (κ2) is 6.80. The summed E-state index contributed by atoms with van der Waals surface area (Å²) in [5.74, 6) is -0.530. The van der Waals surface area contributed by atoms with E-state index in [-0.39, 0.29) is 11.8 Å². The molecule has 27 heavy (non-hydrogen) atoms. The van der Waals surface area contributed by atoms with Gasteiger partial charge in [0.15, 0.2) is 0 Å². The Morgan fingerprint density at radius 3 is 2.67 bits per heavy atom. The summed E-state index contributed by atoms with van der Waals surface area (Å²) in [7, 11) is 0. The Balaban J connectivity index is 1.59. The molecule has 140 valence electrons. The van der Waals surface area contributed by atoms with E-state index in [1.54, 1.807) is 23.2 Å². The Morgan fingerprint density at radius 1 is 1.19 bits per heavy atom. The van der Waals surface area contributed by atoms with E-state index in [2.05, 4.69) is 17.1 Å². The summed E-state index contributed by atoms with van der Waals surface area (Å²) < 4.78 is 0. The van der Waals surface area contributed by atoms with E-state index in [1.807, 2.05) is 25.1 Å². The number of amides is 1. The summed E-state index contributed by atoms with van der Waals surface area (Å²) in [6.45, 7) is 2.61. The first-order valence-electron chi connectivity index (χ1n) is 9.50. The zero-order valence-electron chi connectivity index (χ0n) is 15.5. The van der Waals surface area contributed by atoms with Gasteiger partial charge in [-0.2, -0.15) is 0 Å². The number of aromatic nitrogens is 1. The predicted octanol–water partition coefficient (Wildman–Crippen LogP) is 3.50. The van der Waals surface area contributed by atoms with Gasteiger partial charge in [0.05, 0.1) is 11.0 Å². The number of benzene rings is 1. The largest absolute Gasteiger partial charge is 0.481 e. The second-order valence-electron chi connectivity index (χ2n) is 7.86. The lowest BCUT2D eigenvalue weighted by Crippen LogP contribution is -2.43. The topological polar surface area (TPSA) is 70.5 Å². The number of nitrogens with zero attached hydrogens (tertiary/aromatic N) is 2. The van der Waals surface area contributed by atoms with Gasteiger partial charge in [-0.25, -0.2) is 0 Å². The molecule has 0 spiro atoms. The zero-order valence-corrected chi connectivity index (χ0v) is 15.5. The van der Waals surface area contributed by atoms with E-state index in [1.165, 1.54) is 5.56 Å². The van der Waals surface area contributed by atoms with Crippen molar-refractivity contribution in [2.24, 2.45) is 11.3 Å². The normalized spacial score (nSPS) is 27.2. The number of rotatable bonds is 3. The average Bonchev–Trinajstić information content (AvgIpc) is 3.09. The molecule has 1 saturated heterocycles. The lowest BCUT2D eigenvalue weighted by Gasteiger charge is -2.38. The molecular weight excluding hydrogens is 340 g/mol. The molecule has 0 radical (unpaired) electrons. The monoisotopic (exact) mass is 364 g/mol. The van der Waals surface area contributed by atoms with E-state index < -0.39 is 11.4 Å². The molecule has 1 aromatic heterocycles. The number of carbonyl (C=O) groups excluding carboxylic acids is 1. The smallest absolute Gasteiger partial charge is 0.311 e. The highest BCUT2D eigenvalue weighted by molar-refractivity contribution is 5.96. The second-order valence-corrected chi connectivity index (χ2v) is 7.86. The number of likely N-dealkylation sites (tertiary alicyclic amines) is 1. The first-order chi connectivity index (χ1) is 13.0. The molecule has 1 saturated carbocycles. The molecule has 2 aromatic rings. The SMILES string of the molecule is Cc1ncccc1C(=O)N1C[C@@H]2CC(c3ccccc3)CC[C@]2(C(=O)O)C1. The number of aliphatic carboxylic acids is 1. The number of hydrogen-bond acceptors (Lipinski definition) is 3. The number of carboxylic acid groups (broad SMARTS) is 1. The van der Waals surface area contributed by atoms with Gasteiger partial charge in [-0.1, -0.05) is 30.3 Å². The summed E-state index contributed by atoms with van der Waals surface area (Å²) in [5, 5.41) is 10.0. The highest BCUT2D eigenvalue weighted by atomic mass is 16.4. The molecule has 2 fully saturated rings. The van der Waals surface area contributed by atoms with Crippen LogP contribution >= 0.6 is 0 Å². The molecule has 1 aliphatic carbocycles. The van der Waals surface area contributed by atoms with Gasteiger partial charge in [-0.3, -0.25) is 14.6 Å². The maximum absolute atomic E-state index is 13.0. The van der Waals surface area contributed by atoms with Crippen molar-refractivity contribution in [3.8, 4) is 0 Å². The lowest BCUT2D eigenvalue weighted by atomic mass is 9.64. The summed E-state index contributed by atoms with van der Waals surface area (Å²) in [6.07, 6.45) is 3.94. The summed E-state index contributed by atoms with van der Waals surface area (Å²) >= 11 is 0. The van der Waals surface area contributed by atoms with Gasteiger partial charge >= 0.3 is 5.97 Å². The van der Waals surface area contributed by atoms with Crippen molar-refractivity contribution in [2.75, 3.05) is 13.1 Å². The Morgan fingerprint density at radius 2 is 1.96 bits per heavy atom. The molecule has 4 rings (SSSR count). The van der Waals surface area contributed by atoms with Crippen LogP contribution in [0.25, 0.3) is 0 Å². The fraction of sp³-hybridized carbons (Fsp3) is 0.409. The molecule has 5 heteroatoms. The molecule has 3 atom stereocenters. The number of pyridine rings is 1.